The van der Waals surface area contributed by atoms with Crippen LogP contribution in [-0.4, -0.2) is 45.0 Å². The van der Waals surface area contributed by atoms with Crippen molar-refractivity contribution in [2.24, 2.45) is 0 Å². The van der Waals surface area contributed by atoms with Gasteiger partial charge in [-0.1, -0.05) is 0 Å². The van der Waals surface area contributed by atoms with Gasteiger partial charge in [-0.05, 0) is 39.8 Å². The van der Waals surface area contributed by atoms with E-state index in [0.29, 0.717) is 0 Å². The highest BCUT2D eigenvalue weighted by atomic mass is 16.5. The van der Waals surface area contributed by atoms with Gasteiger partial charge in [-0.2, -0.15) is 5.10 Å². The molecule has 0 bridgehead atoms. The molecule has 2 aromatic rings. The third kappa shape index (κ3) is 3.73. The molecule has 24 heavy (non-hydrogen) atoms. The van der Waals surface area contributed by atoms with Gasteiger partial charge in [0.25, 0.3) is 0 Å². The van der Waals surface area contributed by atoms with Crippen molar-refractivity contribution in [1.29, 1.82) is 0 Å². The van der Waals surface area contributed by atoms with Crippen LogP contribution in [0, 0.1) is 0 Å². The Morgan fingerprint density at radius 1 is 1.46 bits per heavy atom. The zero-order valence-electron chi connectivity index (χ0n) is 14.6. The van der Waals surface area contributed by atoms with E-state index in [-0.39, 0.29) is 17.7 Å². The predicted octanol–water partition coefficient (Wildman–Crippen LogP) is 1.33. The minimum absolute atomic E-state index is 0.181. The Bertz CT molecular complexity index is 636. The number of ether oxygens (including phenoxy) is 1. The minimum atomic E-state index is -0.181. The molecule has 0 amide bonds. The van der Waals surface area contributed by atoms with Gasteiger partial charge in [0.15, 0.2) is 0 Å². The van der Waals surface area contributed by atoms with E-state index in [9.17, 15) is 0 Å². The average Bonchev–Trinajstić information content (AvgIpc) is 3.27. The summed E-state index contributed by atoms with van der Waals surface area (Å²) in [5.41, 5.74) is 0.943. The van der Waals surface area contributed by atoms with Crippen LogP contribution in [0.3, 0.4) is 0 Å². The fraction of sp³-hybridized carbons (Fsp3) is 0.588. The van der Waals surface area contributed by atoms with Crippen LogP contribution in [0.2, 0.25) is 0 Å². The molecule has 2 aromatic heterocycles. The Kier molecular flexibility index (Phi) is 5.11. The van der Waals surface area contributed by atoms with Crippen LogP contribution in [0.1, 0.15) is 32.8 Å². The van der Waals surface area contributed by atoms with Crippen molar-refractivity contribution in [2.45, 2.75) is 51.4 Å². The first-order valence-corrected chi connectivity index (χ1v) is 8.46. The Morgan fingerprint density at radius 2 is 2.33 bits per heavy atom. The lowest BCUT2D eigenvalue weighted by Crippen LogP contribution is -2.46. The highest BCUT2D eigenvalue weighted by Crippen LogP contribution is 2.22. The monoisotopic (exact) mass is 330 g/mol. The van der Waals surface area contributed by atoms with Crippen molar-refractivity contribution in [3.63, 3.8) is 0 Å². The first-order chi connectivity index (χ1) is 11.6. The Morgan fingerprint density at radius 3 is 3.04 bits per heavy atom. The summed E-state index contributed by atoms with van der Waals surface area (Å²) < 4.78 is 7.99. The third-order valence-corrected chi connectivity index (χ3v) is 4.85. The first-order valence-electron chi connectivity index (χ1n) is 8.46. The highest BCUT2D eigenvalue weighted by molar-refractivity contribution is 5.30. The van der Waals surface area contributed by atoms with E-state index in [0.717, 1.165) is 37.4 Å². The molecule has 0 saturated carbocycles. The largest absolute Gasteiger partial charge is 0.487 e. The highest BCUT2D eigenvalue weighted by Gasteiger charge is 2.28. The average molecular weight is 330 g/mol. The van der Waals surface area contributed by atoms with Gasteiger partial charge >= 0.3 is 0 Å². The molecule has 7 nitrogen and oxygen atoms in total. The van der Waals surface area contributed by atoms with E-state index < -0.39 is 0 Å². The van der Waals surface area contributed by atoms with Gasteiger partial charge in [-0.15, -0.1) is 0 Å². The van der Waals surface area contributed by atoms with E-state index in [1.54, 1.807) is 12.7 Å². The first kappa shape index (κ1) is 16.9. The quantitative estimate of drug-likeness (QED) is 0.797. The predicted molar refractivity (Wildman–Crippen MR) is 91.8 cm³/mol. The summed E-state index contributed by atoms with van der Waals surface area (Å²) in [6.45, 7) is 9.09. The molecule has 2 N–H and O–H groups in total. The summed E-state index contributed by atoms with van der Waals surface area (Å²) in [6.07, 6.45) is 8.21. The second-order valence-corrected chi connectivity index (χ2v) is 6.81. The molecule has 0 spiro atoms. The number of pyridine rings is 1. The summed E-state index contributed by atoms with van der Waals surface area (Å²) >= 11 is 0. The molecule has 1 fully saturated rings. The molecule has 130 valence electrons. The third-order valence-electron chi connectivity index (χ3n) is 4.85. The number of nitrogens with zero attached hydrogens (tertiary/aromatic N) is 4. The minimum Gasteiger partial charge on any atom is -0.487 e. The van der Waals surface area contributed by atoms with Gasteiger partial charge in [-0.3, -0.25) is 4.98 Å². The summed E-state index contributed by atoms with van der Waals surface area (Å²) in [4.78, 5) is 8.26. The lowest BCUT2D eigenvalue weighted by molar-refractivity contribution is 0.214. The molecule has 7 heteroatoms. The van der Waals surface area contributed by atoms with Crippen LogP contribution in [-0.2, 0) is 12.1 Å². The molecule has 1 aliphatic rings. The van der Waals surface area contributed by atoms with E-state index in [4.69, 9.17) is 4.74 Å². The van der Waals surface area contributed by atoms with Gasteiger partial charge in [0.2, 0.25) is 0 Å². The Balaban J connectivity index is 1.63. The molecule has 3 heterocycles. The molecular weight excluding hydrogens is 304 g/mol. The second kappa shape index (κ2) is 7.27. The molecule has 3 rings (SSSR count). The Hall–Kier alpha value is -1.99. The van der Waals surface area contributed by atoms with E-state index in [2.05, 4.69) is 46.5 Å². The van der Waals surface area contributed by atoms with Crippen LogP contribution < -0.4 is 15.4 Å². The zero-order chi connectivity index (χ0) is 17.0. The second-order valence-electron chi connectivity index (χ2n) is 6.81. The standard InChI is InChI=1S/C17H26N6O/c1-13(17(2,3)23-12-20-11-22-23)21-8-14-4-6-19-10-16(14)24-15-5-7-18-9-15/h4,6,10-13,15,18,21H,5,7-9H2,1-3H3/t13?,15-/m0/s1. The number of nitrogens with one attached hydrogen (secondary N) is 2. The number of hydrogen-bond acceptors (Lipinski definition) is 6. The van der Waals surface area contributed by atoms with Crippen LogP contribution in [0.4, 0.5) is 0 Å². The smallest absolute Gasteiger partial charge is 0.142 e. The lowest BCUT2D eigenvalue weighted by atomic mass is 9.96. The topological polar surface area (TPSA) is 76.9 Å². The molecule has 0 aromatic carbocycles. The van der Waals surface area contributed by atoms with Gasteiger partial charge in [0.05, 0.1) is 11.7 Å². The van der Waals surface area contributed by atoms with Crippen LogP contribution in [0.25, 0.3) is 0 Å². The molecule has 0 aliphatic carbocycles. The van der Waals surface area contributed by atoms with E-state index in [1.165, 1.54) is 0 Å². The SMILES string of the molecule is CC(NCc1ccncc1O[C@H]1CCNC1)C(C)(C)n1cncn1. The van der Waals surface area contributed by atoms with Crippen molar-refractivity contribution in [1.82, 2.24) is 30.4 Å². The lowest BCUT2D eigenvalue weighted by Gasteiger charge is -2.32. The van der Waals surface area contributed by atoms with Crippen molar-refractivity contribution in [3.05, 3.63) is 36.7 Å². The van der Waals surface area contributed by atoms with Crippen LogP contribution >= 0.6 is 0 Å². The van der Waals surface area contributed by atoms with Gasteiger partial charge in [-0.25, -0.2) is 9.67 Å². The molecule has 2 atom stereocenters. The molecule has 1 aliphatic heterocycles. The summed E-state index contributed by atoms with van der Waals surface area (Å²) in [5.74, 6) is 0.865. The summed E-state index contributed by atoms with van der Waals surface area (Å²) in [7, 11) is 0. The fourth-order valence-electron chi connectivity index (χ4n) is 2.79. The fourth-order valence-corrected chi connectivity index (χ4v) is 2.79. The maximum Gasteiger partial charge on any atom is 0.142 e. The Labute approximate surface area is 142 Å². The zero-order valence-corrected chi connectivity index (χ0v) is 14.6. The van der Waals surface area contributed by atoms with E-state index >= 15 is 0 Å². The number of rotatable bonds is 7. The van der Waals surface area contributed by atoms with E-state index in [1.807, 2.05) is 23.1 Å². The maximum atomic E-state index is 6.10. The van der Waals surface area contributed by atoms with Crippen molar-refractivity contribution < 1.29 is 4.74 Å². The maximum absolute atomic E-state index is 6.10. The summed E-state index contributed by atoms with van der Waals surface area (Å²) in [5, 5.41) is 11.2. The van der Waals surface area contributed by atoms with Crippen molar-refractivity contribution in [3.8, 4) is 5.75 Å². The van der Waals surface area contributed by atoms with Crippen LogP contribution in [0.15, 0.2) is 31.1 Å². The molecular formula is C17H26N6O. The van der Waals surface area contributed by atoms with Gasteiger partial charge < -0.3 is 15.4 Å². The number of hydrogen-bond donors (Lipinski definition) is 2. The van der Waals surface area contributed by atoms with Crippen molar-refractivity contribution >= 4 is 0 Å². The molecule has 0 radical (unpaired) electrons. The van der Waals surface area contributed by atoms with Gasteiger partial charge in [0, 0.05) is 30.9 Å². The summed E-state index contributed by atoms with van der Waals surface area (Å²) in [6, 6.07) is 2.22. The van der Waals surface area contributed by atoms with Crippen molar-refractivity contribution in [2.75, 3.05) is 13.1 Å². The van der Waals surface area contributed by atoms with Gasteiger partial charge in [0.1, 0.15) is 24.5 Å². The number of aromatic nitrogens is 4. The normalized spacial score (nSPS) is 19.4. The molecule has 1 saturated heterocycles. The van der Waals surface area contributed by atoms with Crippen LogP contribution in [0.5, 0.6) is 5.75 Å². The molecule has 1 unspecified atom stereocenters.